The normalized spacial score (nSPS) is 11.4. The largest absolute Gasteiger partial charge is 0.473 e. The number of hydrogen-bond acceptors (Lipinski definition) is 4. The summed E-state index contributed by atoms with van der Waals surface area (Å²) in [5, 5.41) is 0. The van der Waals surface area contributed by atoms with Crippen molar-refractivity contribution in [2.45, 2.75) is 32.8 Å². The number of nitrogens with zero attached hydrogens (tertiary/aromatic N) is 2. The van der Waals surface area contributed by atoms with Crippen molar-refractivity contribution in [2.24, 2.45) is 0 Å². The van der Waals surface area contributed by atoms with E-state index in [0.29, 0.717) is 24.1 Å². The van der Waals surface area contributed by atoms with Gasteiger partial charge in [-0.3, -0.25) is 0 Å². The van der Waals surface area contributed by atoms with Crippen LogP contribution >= 0.6 is 15.9 Å². The van der Waals surface area contributed by atoms with Gasteiger partial charge in [-0.15, -0.1) is 0 Å². The monoisotopic (exact) mass is 335 g/mol. The molecule has 1 aromatic heterocycles. The average Bonchev–Trinajstić information content (AvgIpc) is 2.36. The molecule has 1 heterocycles. The van der Waals surface area contributed by atoms with E-state index in [1.54, 1.807) is 6.07 Å². The maximum absolute atomic E-state index is 5.81. The second kappa shape index (κ2) is 5.79. The predicted molar refractivity (Wildman–Crippen MR) is 83.6 cm³/mol. The summed E-state index contributed by atoms with van der Waals surface area (Å²) in [5.74, 6) is 1.62. The summed E-state index contributed by atoms with van der Waals surface area (Å²) < 4.78 is 6.75. The third kappa shape index (κ3) is 3.93. The van der Waals surface area contributed by atoms with Gasteiger partial charge in [-0.1, -0.05) is 48.8 Å². The molecule has 1 aromatic carbocycles. The molecular formula is C15H18BrN3O. The van der Waals surface area contributed by atoms with E-state index in [1.165, 1.54) is 0 Å². The summed E-state index contributed by atoms with van der Waals surface area (Å²) in [4.78, 5) is 8.67. The van der Waals surface area contributed by atoms with Crippen molar-refractivity contribution >= 4 is 21.7 Å². The number of ether oxygens (including phenoxy) is 1. The zero-order valence-corrected chi connectivity index (χ0v) is 13.4. The molecule has 5 heteroatoms. The van der Waals surface area contributed by atoms with Gasteiger partial charge in [-0.25, -0.2) is 4.98 Å². The molecule has 2 N–H and O–H groups in total. The number of halogens is 1. The van der Waals surface area contributed by atoms with Crippen molar-refractivity contribution in [3.63, 3.8) is 0 Å². The Morgan fingerprint density at radius 1 is 1.15 bits per heavy atom. The highest BCUT2D eigenvalue weighted by molar-refractivity contribution is 9.10. The lowest BCUT2D eigenvalue weighted by Gasteiger charge is -2.17. The minimum atomic E-state index is -0.162. The van der Waals surface area contributed by atoms with E-state index < -0.39 is 0 Å². The molecule has 0 aliphatic heterocycles. The summed E-state index contributed by atoms with van der Waals surface area (Å²) >= 11 is 3.40. The Morgan fingerprint density at radius 2 is 1.80 bits per heavy atom. The van der Waals surface area contributed by atoms with E-state index in [-0.39, 0.29) is 5.41 Å². The summed E-state index contributed by atoms with van der Waals surface area (Å²) in [6, 6.07) is 9.61. The molecular weight excluding hydrogens is 318 g/mol. The Hall–Kier alpha value is -1.62. The van der Waals surface area contributed by atoms with Gasteiger partial charge in [0.2, 0.25) is 5.88 Å². The van der Waals surface area contributed by atoms with Crippen molar-refractivity contribution in [3.8, 4) is 5.88 Å². The van der Waals surface area contributed by atoms with Gasteiger partial charge in [0.15, 0.2) is 0 Å². The maximum atomic E-state index is 5.81. The molecule has 2 rings (SSSR count). The molecule has 2 aromatic rings. The van der Waals surface area contributed by atoms with Gasteiger partial charge in [0, 0.05) is 16.0 Å². The van der Waals surface area contributed by atoms with Crippen LogP contribution in [-0.4, -0.2) is 9.97 Å². The molecule has 0 aliphatic carbocycles. The molecule has 0 fully saturated rings. The SMILES string of the molecule is CC(C)(C)c1nc(N)cc(OCc2ccc(Br)cc2)n1. The second-order valence-electron chi connectivity index (χ2n) is 5.62. The number of anilines is 1. The number of hydrogen-bond donors (Lipinski definition) is 1. The summed E-state index contributed by atoms with van der Waals surface area (Å²) in [6.45, 7) is 6.58. The van der Waals surface area contributed by atoms with E-state index in [4.69, 9.17) is 10.5 Å². The lowest BCUT2D eigenvalue weighted by atomic mass is 9.96. The first-order chi connectivity index (χ1) is 9.34. The van der Waals surface area contributed by atoms with Gasteiger partial charge in [0.25, 0.3) is 0 Å². The van der Waals surface area contributed by atoms with Crippen LogP contribution in [0.5, 0.6) is 5.88 Å². The topological polar surface area (TPSA) is 61.0 Å². The van der Waals surface area contributed by atoms with E-state index in [0.717, 1.165) is 10.0 Å². The number of rotatable bonds is 3. The van der Waals surface area contributed by atoms with Crippen LogP contribution in [0.1, 0.15) is 32.2 Å². The average molecular weight is 336 g/mol. The van der Waals surface area contributed by atoms with Gasteiger partial charge in [0.05, 0.1) is 0 Å². The van der Waals surface area contributed by atoms with Crippen molar-refractivity contribution < 1.29 is 4.74 Å². The zero-order chi connectivity index (χ0) is 14.8. The smallest absolute Gasteiger partial charge is 0.219 e. The Morgan fingerprint density at radius 3 is 2.40 bits per heavy atom. The Bertz CT molecular complexity index is 591. The first kappa shape index (κ1) is 14.8. The molecule has 0 radical (unpaired) electrons. The molecule has 0 amide bonds. The summed E-state index contributed by atoms with van der Waals surface area (Å²) in [6.07, 6.45) is 0. The molecule has 0 bridgehead atoms. The fourth-order valence-electron chi connectivity index (χ4n) is 1.59. The van der Waals surface area contributed by atoms with Crippen LogP contribution < -0.4 is 10.5 Å². The minimum Gasteiger partial charge on any atom is -0.473 e. The van der Waals surface area contributed by atoms with Crippen LogP contribution in [0.4, 0.5) is 5.82 Å². The molecule has 106 valence electrons. The van der Waals surface area contributed by atoms with Crippen molar-refractivity contribution in [3.05, 3.63) is 46.2 Å². The van der Waals surface area contributed by atoms with Gasteiger partial charge in [-0.05, 0) is 17.7 Å². The van der Waals surface area contributed by atoms with Crippen LogP contribution in [0.15, 0.2) is 34.8 Å². The molecule has 0 unspecified atom stereocenters. The zero-order valence-electron chi connectivity index (χ0n) is 11.9. The lowest BCUT2D eigenvalue weighted by molar-refractivity contribution is 0.290. The Kier molecular flexibility index (Phi) is 4.28. The van der Waals surface area contributed by atoms with E-state index >= 15 is 0 Å². The molecule has 20 heavy (non-hydrogen) atoms. The van der Waals surface area contributed by atoms with E-state index in [2.05, 4.69) is 25.9 Å². The van der Waals surface area contributed by atoms with E-state index in [1.807, 2.05) is 45.0 Å². The highest BCUT2D eigenvalue weighted by Crippen LogP contribution is 2.22. The Labute approximate surface area is 127 Å². The second-order valence-corrected chi connectivity index (χ2v) is 6.54. The molecule has 0 spiro atoms. The maximum Gasteiger partial charge on any atom is 0.219 e. The molecule has 4 nitrogen and oxygen atoms in total. The van der Waals surface area contributed by atoms with Crippen LogP contribution in [0.25, 0.3) is 0 Å². The van der Waals surface area contributed by atoms with Crippen molar-refractivity contribution in [1.82, 2.24) is 9.97 Å². The van der Waals surface area contributed by atoms with Crippen LogP contribution in [0.2, 0.25) is 0 Å². The third-order valence-electron chi connectivity index (χ3n) is 2.69. The van der Waals surface area contributed by atoms with Crippen LogP contribution in [-0.2, 0) is 12.0 Å². The van der Waals surface area contributed by atoms with Gasteiger partial charge in [0.1, 0.15) is 18.2 Å². The fraction of sp³-hybridized carbons (Fsp3) is 0.333. The standard InChI is InChI=1S/C15H18BrN3O/c1-15(2,3)14-18-12(17)8-13(19-14)20-9-10-4-6-11(16)7-5-10/h4-8H,9H2,1-3H3,(H2,17,18,19). The fourth-order valence-corrected chi connectivity index (χ4v) is 1.85. The highest BCUT2D eigenvalue weighted by atomic mass is 79.9. The lowest BCUT2D eigenvalue weighted by Crippen LogP contribution is -2.17. The van der Waals surface area contributed by atoms with Crippen molar-refractivity contribution in [1.29, 1.82) is 0 Å². The first-order valence-corrected chi connectivity index (χ1v) is 7.16. The van der Waals surface area contributed by atoms with Crippen molar-refractivity contribution in [2.75, 3.05) is 5.73 Å². The number of nitrogens with two attached hydrogens (primary N) is 1. The minimum absolute atomic E-state index is 0.162. The van der Waals surface area contributed by atoms with Crippen LogP contribution in [0.3, 0.4) is 0 Å². The summed E-state index contributed by atoms with van der Waals surface area (Å²) in [7, 11) is 0. The quantitative estimate of drug-likeness (QED) is 0.928. The Balaban J connectivity index is 2.13. The number of aromatic nitrogens is 2. The number of benzene rings is 1. The predicted octanol–water partition coefficient (Wildman–Crippen LogP) is 3.70. The van der Waals surface area contributed by atoms with E-state index in [9.17, 15) is 0 Å². The molecule has 0 aliphatic rings. The molecule has 0 atom stereocenters. The van der Waals surface area contributed by atoms with Crippen LogP contribution in [0, 0.1) is 0 Å². The first-order valence-electron chi connectivity index (χ1n) is 6.37. The van der Waals surface area contributed by atoms with Gasteiger partial charge >= 0.3 is 0 Å². The molecule has 0 saturated heterocycles. The van der Waals surface area contributed by atoms with Gasteiger partial charge < -0.3 is 10.5 Å². The summed E-state index contributed by atoms with van der Waals surface area (Å²) in [5.41, 5.74) is 6.72. The van der Waals surface area contributed by atoms with Gasteiger partial charge in [-0.2, -0.15) is 4.98 Å². The molecule has 0 saturated carbocycles. The highest BCUT2D eigenvalue weighted by Gasteiger charge is 2.19. The number of nitrogen functional groups attached to an aromatic ring is 1. The third-order valence-corrected chi connectivity index (χ3v) is 3.22.